The van der Waals surface area contributed by atoms with E-state index < -0.39 is 10.0 Å². The van der Waals surface area contributed by atoms with Gasteiger partial charge in [-0.1, -0.05) is 38.5 Å². The quantitative estimate of drug-likeness (QED) is 0.581. The third kappa shape index (κ3) is 4.95. The van der Waals surface area contributed by atoms with Crippen LogP contribution in [0.1, 0.15) is 44.8 Å². The number of ether oxygens (including phenoxy) is 1. The van der Waals surface area contributed by atoms with Crippen LogP contribution >= 0.6 is 0 Å². The van der Waals surface area contributed by atoms with Gasteiger partial charge in [0.15, 0.2) is 0 Å². The van der Waals surface area contributed by atoms with Crippen LogP contribution in [-0.2, 0) is 10.0 Å². The van der Waals surface area contributed by atoms with Crippen molar-refractivity contribution in [3.63, 3.8) is 0 Å². The summed E-state index contributed by atoms with van der Waals surface area (Å²) in [6, 6.07) is 11.1. The molecule has 0 saturated carbocycles. The smallest absolute Gasteiger partial charge is 0.259 e. The maximum absolute atomic E-state index is 12.3. The van der Waals surface area contributed by atoms with E-state index in [1.165, 1.54) is 0 Å². The van der Waals surface area contributed by atoms with Crippen LogP contribution in [0.25, 0.3) is 11.0 Å². The van der Waals surface area contributed by atoms with Crippen LogP contribution < -0.4 is 9.46 Å². The molecule has 28 heavy (non-hydrogen) atoms. The minimum Gasteiger partial charge on any atom is -0.467 e. The topological polar surface area (TPSA) is 94.1 Å². The Morgan fingerprint density at radius 2 is 1.79 bits per heavy atom. The van der Waals surface area contributed by atoms with Crippen LogP contribution in [0.4, 0.5) is 5.82 Å². The normalized spacial score (nSPS) is 12.6. The molecule has 3 aromatic rings. The second-order valence-electron chi connectivity index (χ2n) is 6.47. The molecular formula is C20H24N4O3S. The summed E-state index contributed by atoms with van der Waals surface area (Å²) in [6.07, 6.45) is 5.27. The Labute approximate surface area is 165 Å². The molecule has 2 aromatic heterocycles. The number of hydrogen-bond donors (Lipinski definition) is 1. The lowest BCUT2D eigenvalue weighted by atomic mass is 10.1. The van der Waals surface area contributed by atoms with E-state index in [1.807, 2.05) is 37.3 Å². The monoisotopic (exact) mass is 400 g/mol. The number of para-hydroxylation sites is 2. The van der Waals surface area contributed by atoms with E-state index in [9.17, 15) is 8.42 Å². The molecule has 7 nitrogen and oxygen atoms in total. The largest absolute Gasteiger partial charge is 0.467 e. The first-order chi connectivity index (χ1) is 13.5. The number of anilines is 1. The van der Waals surface area contributed by atoms with Crippen LogP contribution in [0.15, 0.2) is 48.8 Å². The molecule has 0 amide bonds. The summed E-state index contributed by atoms with van der Waals surface area (Å²) in [6.45, 7) is 3.87. The van der Waals surface area contributed by atoms with E-state index in [0.717, 1.165) is 18.4 Å². The number of pyridine rings is 1. The molecule has 0 aliphatic rings. The van der Waals surface area contributed by atoms with Crippen molar-refractivity contribution in [3.8, 4) is 5.88 Å². The molecule has 0 fully saturated rings. The van der Waals surface area contributed by atoms with Crippen molar-refractivity contribution in [3.05, 3.63) is 54.4 Å². The van der Waals surface area contributed by atoms with Crippen LogP contribution in [0, 0.1) is 0 Å². The van der Waals surface area contributed by atoms with Gasteiger partial charge in [-0.25, -0.2) is 18.4 Å². The Bertz CT molecular complexity index is 1030. The molecule has 1 unspecified atom stereocenters. The molecule has 1 N–H and O–H groups in total. The fraction of sp³-hybridized carbons (Fsp3) is 0.350. The molecular weight excluding hydrogens is 376 g/mol. The van der Waals surface area contributed by atoms with Gasteiger partial charge < -0.3 is 4.74 Å². The highest BCUT2D eigenvalue weighted by Crippen LogP contribution is 2.31. The van der Waals surface area contributed by atoms with Gasteiger partial charge in [0.1, 0.15) is 6.10 Å². The third-order valence-electron chi connectivity index (χ3n) is 4.12. The Morgan fingerprint density at radius 1 is 1.04 bits per heavy atom. The first-order valence-electron chi connectivity index (χ1n) is 9.36. The molecule has 1 aromatic carbocycles. The van der Waals surface area contributed by atoms with Crippen molar-refractivity contribution >= 4 is 26.9 Å². The number of sulfonamides is 1. The predicted molar refractivity (Wildman–Crippen MR) is 110 cm³/mol. The van der Waals surface area contributed by atoms with E-state index in [0.29, 0.717) is 17.5 Å². The van der Waals surface area contributed by atoms with Crippen LogP contribution in [0.5, 0.6) is 5.88 Å². The maximum atomic E-state index is 12.3. The molecule has 0 bridgehead atoms. The zero-order valence-electron chi connectivity index (χ0n) is 16.0. The zero-order valence-corrected chi connectivity index (χ0v) is 16.8. The number of nitrogens with zero attached hydrogens (tertiary/aromatic N) is 3. The Kier molecular flexibility index (Phi) is 6.41. The van der Waals surface area contributed by atoms with E-state index in [4.69, 9.17) is 4.74 Å². The van der Waals surface area contributed by atoms with Crippen molar-refractivity contribution in [2.24, 2.45) is 0 Å². The maximum Gasteiger partial charge on any atom is 0.259 e. The lowest BCUT2D eigenvalue weighted by Crippen LogP contribution is -2.19. The van der Waals surface area contributed by atoms with E-state index >= 15 is 0 Å². The average Bonchev–Trinajstić information content (AvgIpc) is 2.68. The van der Waals surface area contributed by atoms with Crippen LogP contribution in [0.3, 0.4) is 0 Å². The van der Waals surface area contributed by atoms with Crippen molar-refractivity contribution in [1.29, 1.82) is 0 Å². The lowest BCUT2D eigenvalue weighted by molar-refractivity contribution is 0.186. The van der Waals surface area contributed by atoms with Crippen molar-refractivity contribution in [2.45, 2.75) is 39.2 Å². The summed E-state index contributed by atoms with van der Waals surface area (Å²) in [5.74, 6) is 0.278. The van der Waals surface area contributed by atoms with Crippen LogP contribution in [0.2, 0.25) is 0 Å². The van der Waals surface area contributed by atoms with E-state index in [-0.39, 0.29) is 23.6 Å². The number of rotatable bonds is 9. The summed E-state index contributed by atoms with van der Waals surface area (Å²) in [5.41, 5.74) is 2.14. The lowest BCUT2D eigenvalue weighted by Gasteiger charge is -2.20. The highest BCUT2D eigenvalue weighted by atomic mass is 32.2. The van der Waals surface area contributed by atoms with Gasteiger partial charge in [-0.3, -0.25) is 9.71 Å². The molecule has 0 aliphatic carbocycles. The first-order valence-corrected chi connectivity index (χ1v) is 11.0. The second kappa shape index (κ2) is 8.97. The highest BCUT2D eigenvalue weighted by molar-refractivity contribution is 7.92. The molecule has 3 rings (SSSR count). The van der Waals surface area contributed by atoms with Crippen molar-refractivity contribution in [2.75, 3.05) is 10.5 Å². The number of hydrogen-bond acceptors (Lipinski definition) is 6. The number of aromatic nitrogens is 3. The molecule has 8 heteroatoms. The van der Waals surface area contributed by atoms with Gasteiger partial charge in [-0.15, -0.1) is 0 Å². The Balaban J connectivity index is 2.02. The summed E-state index contributed by atoms with van der Waals surface area (Å²) < 4.78 is 33.4. The van der Waals surface area contributed by atoms with Gasteiger partial charge in [0.2, 0.25) is 15.8 Å². The molecule has 2 heterocycles. The standard InChI is InChI=1S/C20H24N4O3S/c1-3-8-18(15-9-7-12-21-14-15)27-20-19(24-28(25,26)13-4-2)22-16-10-5-6-11-17(16)23-20/h5-7,9-12,14,18H,3-4,8,13H2,1-2H3,(H,22,24). The summed E-state index contributed by atoms with van der Waals surface area (Å²) >= 11 is 0. The summed E-state index contributed by atoms with van der Waals surface area (Å²) in [4.78, 5) is 13.1. The number of fused-ring (bicyclic) bond motifs is 1. The molecule has 0 saturated heterocycles. The first kappa shape index (κ1) is 20.0. The van der Waals surface area contributed by atoms with Gasteiger partial charge in [-0.2, -0.15) is 0 Å². The molecule has 0 radical (unpaired) electrons. The second-order valence-corrected chi connectivity index (χ2v) is 8.31. The zero-order chi connectivity index (χ0) is 20.0. The van der Waals surface area contributed by atoms with Gasteiger partial charge in [0, 0.05) is 18.0 Å². The van der Waals surface area contributed by atoms with Crippen molar-refractivity contribution < 1.29 is 13.2 Å². The molecule has 148 valence electrons. The molecule has 1 atom stereocenters. The predicted octanol–water partition coefficient (Wildman–Crippen LogP) is 4.10. The van der Waals surface area contributed by atoms with Gasteiger partial charge in [-0.05, 0) is 31.0 Å². The average molecular weight is 401 g/mol. The van der Waals surface area contributed by atoms with Crippen LogP contribution in [-0.4, -0.2) is 29.1 Å². The Hall–Kier alpha value is -2.74. The fourth-order valence-electron chi connectivity index (χ4n) is 2.86. The van der Waals surface area contributed by atoms with Crippen molar-refractivity contribution in [1.82, 2.24) is 15.0 Å². The Morgan fingerprint density at radius 3 is 2.43 bits per heavy atom. The van der Waals surface area contributed by atoms with Gasteiger partial charge in [0.25, 0.3) is 5.88 Å². The number of benzene rings is 1. The third-order valence-corrected chi connectivity index (χ3v) is 5.57. The fourth-order valence-corrected chi connectivity index (χ4v) is 3.92. The summed E-state index contributed by atoms with van der Waals surface area (Å²) in [7, 11) is -3.53. The molecule has 0 aliphatic heterocycles. The highest BCUT2D eigenvalue weighted by Gasteiger charge is 2.21. The minimum absolute atomic E-state index is 0.00193. The molecule has 0 spiro atoms. The SMILES string of the molecule is CCCC(Oc1nc2ccccc2nc1NS(=O)(=O)CCC)c1cccnc1. The van der Waals surface area contributed by atoms with Gasteiger partial charge in [0.05, 0.1) is 16.8 Å². The minimum atomic E-state index is -3.53. The number of nitrogens with one attached hydrogen (secondary N) is 1. The van der Waals surface area contributed by atoms with Gasteiger partial charge >= 0.3 is 0 Å². The van der Waals surface area contributed by atoms with E-state index in [2.05, 4.69) is 26.6 Å². The summed E-state index contributed by atoms with van der Waals surface area (Å²) in [5, 5.41) is 0. The van der Waals surface area contributed by atoms with E-state index in [1.54, 1.807) is 18.5 Å².